The number of nitrogen functional groups attached to an aromatic ring is 1. The number of hydrogen-bond donors (Lipinski definition) is 3. The average molecular weight is 612 g/mol. The Hall–Kier alpha value is -5.64. The molecule has 10 heteroatoms. The Labute approximate surface area is 262 Å². The minimum absolute atomic E-state index is 0.00623. The Morgan fingerprint density at radius 1 is 0.733 bits per heavy atom. The lowest BCUT2D eigenvalue weighted by Gasteiger charge is -2.14. The monoisotopic (exact) mass is 611 g/mol. The van der Waals surface area contributed by atoms with Gasteiger partial charge in [-0.25, -0.2) is 4.79 Å². The molecule has 0 saturated heterocycles. The van der Waals surface area contributed by atoms with Gasteiger partial charge in [0.05, 0.1) is 40.7 Å². The highest BCUT2D eigenvalue weighted by atomic mass is 16.5. The molecule has 0 heterocycles. The molecule has 0 bridgehead atoms. The maximum Gasteiger partial charge on any atom is 0.407 e. The molecule has 0 aromatic heterocycles. The molecule has 0 radical (unpaired) electrons. The zero-order chi connectivity index (χ0) is 32.3. The summed E-state index contributed by atoms with van der Waals surface area (Å²) in [5.41, 5.74) is 18.0. The Bertz CT molecular complexity index is 1620. The van der Waals surface area contributed by atoms with Gasteiger partial charge in [-0.05, 0) is 57.6 Å². The van der Waals surface area contributed by atoms with Crippen molar-refractivity contribution >= 4 is 29.8 Å². The summed E-state index contributed by atoms with van der Waals surface area (Å²) in [6.07, 6.45) is 3.27. The van der Waals surface area contributed by atoms with E-state index in [9.17, 15) is 9.59 Å². The van der Waals surface area contributed by atoms with Crippen LogP contribution in [-0.2, 0) is 9.53 Å². The van der Waals surface area contributed by atoms with E-state index in [2.05, 4.69) is 17.4 Å². The molecule has 5 N–H and O–H groups in total. The summed E-state index contributed by atoms with van der Waals surface area (Å²) in [5, 5.41) is 2.32. The van der Waals surface area contributed by atoms with E-state index in [0.717, 1.165) is 22.3 Å². The average Bonchev–Trinajstić information content (AvgIpc) is 3.38. The van der Waals surface area contributed by atoms with Gasteiger partial charge in [0.2, 0.25) is 11.7 Å². The number of hydrogen-bond acceptors (Lipinski definition) is 8. The highest BCUT2D eigenvalue weighted by Crippen LogP contribution is 2.44. The van der Waals surface area contributed by atoms with Gasteiger partial charge in [0.15, 0.2) is 11.5 Å². The van der Waals surface area contributed by atoms with E-state index in [-0.39, 0.29) is 19.1 Å². The largest absolute Gasteiger partial charge is 0.495 e. The van der Waals surface area contributed by atoms with Crippen LogP contribution in [0.5, 0.6) is 23.0 Å². The van der Waals surface area contributed by atoms with Gasteiger partial charge in [0, 0.05) is 5.92 Å². The van der Waals surface area contributed by atoms with Gasteiger partial charge in [-0.2, -0.15) is 0 Å². The van der Waals surface area contributed by atoms with Gasteiger partial charge in [-0.3, -0.25) is 4.79 Å². The number of anilines is 1. The summed E-state index contributed by atoms with van der Waals surface area (Å²) < 4.78 is 26.4. The molecule has 45 heavy (non-hydrogen) atoms. The van der Waals surface area contributed by atoms with Crippen LogP contribution in [0.4, 0.5) is 10.5 Å². The van der Waals surface area contributed by atoms with Gasteiger partial charge in [-0.15, -0.1) is 0 Å². The number of benzene rings is 4. The molecule has 234 valence electrons. The molecule has 0 fully saturated rings. The van der Waals surface area contributed by atoms with Crippen LogP contribution < -0.4 is 35.7 Å². The lowest BCUT2D eigenvalue weighted by molar-refractivity contribution is -0.117. The van der Waals surface area contributed by atoms with Crippen molar-refractivity contribution in [1.29, 1.82) is 0 Å². The van der Waals surface area contributed by atoms with Gasteiger partial charge >= 0.3 is 6.09 Å². The fourth-order valence-corrected chi connectivity index (χ4v) is 5.06. The van der Waals surface area contributed by atoms with E-state index in [0.29, 0.717) is 28.7 Å². The molecule has 10 nitrogen and oxygen atoms in total. The predicted octanol–water partition coefficient (Wildman–Crippen LogP) is 5.48. The van der Waals surface area contributed by atoms with Crippen molar-refractivity contribution in [1.82, 2.24) is 5.32 Å². The lowest BCUT2D eigenvalue weighted by atomic mass is 9.98. The molecular formula is C35H37N3O7. The standard InChI is InChI=1S/C18H21NO4.C17H16N2O3/c1-20-15-8-7-12(9-14(15)19)5-6-13-10-16(21-2)18(23-4)17(11-13)22-3;18-16(20)9-19-17(21)22-10-15-13-7-3-1-5-11(13)12-6-2-4-8-14(12)15/h5-11H,19H2,1-4H3;1-8,15H,9-10H2,(H2,18,20)(H,19,21)/b6-5-;. The van der Waals surface area contributed by atoms with Crippen LogP contribution in [0.15, 0.2) is 78.9 Å². The highest BCUT2D eigenvalue weighted by molar-refractivity contribution is 5.81. The molecule has 5 rings (SSSR count). The number of methoxy groups -OCH3 is 4. The van der Waals surface area contributed by atoms with Gasteiger partial charge in [0.25, 0.3) is 0 Å². The van der Waals surface area contributed by atoms with Crippen molar-refractivity contribution in [2.75, 3.05) is 47.3 Å². The van der Waals surface area contributed by atoms with E-state index in [1.54, 1.807) is 28.4 Å². The minimum Gasteiger partial charge on any atom is -0.495 e. The van der Waals surface area contributed by atoms with E-state index >= 15 is 0 Å². The Balaban J connectivity index is 0.000000205. The number of fused-ring (bicyclic) bond motifs is 3. The molecule has 4 aromatic rings. The van der Waals surface area contributed by atoms with Crippen LogP contribution in [0.1, 0.15) is 28.2 Å². The molecule has 0 spiro atoms. The second-order valence-electron chi connectivity index (χ2n) is 9.94. The first-order valence-corrected chi connectivity index (χ1v) is 14.1. The summed E-state index contributed by atoms with van der Waals surface area (Å²) in [4.78, 5) is 22.2. The fourth-order valence-electron chi connectivity index (χ4n) is 5.06. The van der Waals surface area contributed by atoms with E-state index < -0.39 is 12.0 Å². The number of nitrogens with one attached hydrogen (secondary N) is 1. The molecule has 4 aromatic carbocycles. The number of rotatable bonds is 10. The number of carbonyl (C=O) groups is 2. The molecule has 1 aliphatic carbocycles. The lowest BCUT2D eigenvalue weighted by Crippen LogP contribution is -2.34. The topological polar surface area (TPSA) is 144 Å². The van der Waals surface area contributed by atoms with E-state index in [1.165, 1.54) is 11.1 Å². The summed E-state index contributed by atoms with van der Waals surface area (Å²) in [5.74, 6) is 1.86. The van der Waals surface area contributed by atoms with Gasteiger partial charge < -0.3 is 40.5 Å². The zero-order valence-electron chi connectivity index (χ0n) is 25.7. The maximum absolute atomic E-state index is 11.6. The normalized spacial score (nSPS) is 11.5. The summed E-state index contributed by atoms with van der Waals surface area (Å²) in [6.45, 7) is -0.00467. The maximum atomic E-state index is 11.6. The van der Waals surface area contributed by atoms with Crippen LogP contribution >= 0.6 is 0 Å². The molecule has 2 amide bonds. The van der Waals surface area contributed by atoms with E-state index in [1.807, 2.05) is 78.9 Å². The Morgan fingerprint density at radius 2 is 1.29 bits per heavy atom. The number of nitrogens with two attached hydrogens (primary N) is 2. The quantitative estimate of drug-likeness (QED) is 0.158. The summed E-state index contributed by atoms with van der Waals surface area (Å²) in [7, 11) is 6.36. The summed E-state index contributed by atoms with van der Waals surface area (Å²) >= 11 is 0. The number of amides is 2. The third-order valence-electron chi connectivity index (χ3n) is 7.16. The van der Waals surface area contributed by atoms with E-state index in [4.69, 9.17) is 35.2 Å². The minimum atomic E-state index is -0.638. The van der Waals surface area contributed by atoms with Gasteiger partial charge in [0.1, 0.15) is 12.4 Å². The molecule has 0 saturated carbocycles. The third-order valence-corrected chi connectivity index (χ3v) is 7.16. The van der Waals surface area contributed by atoms with Crippen molar-refractivity contribution in [2.45, 2.75) is 5.92 Å². The first kappa shape index (κ1) is 32.3. The van der Waals surface area contributed by atoms with Gasteiger partial charge in [-0.1, -0.05) is 66.7 Å². The fraction of sp³-hybridized carbons (Fsp3) is 0.200. The van der Waals surface area contributed by atoms with Crippen LogP contribution in [0.25, 0.3) is 23.3 Å². The molecule has 1 aliphatic rings. The molecule has 0 aliphatic heterocycles. The number of carbonyl (C=O) groups excluding carboxylic acids is 2. The zero-order valence-corrected chi connectivity index (χ0v) is 25.7. The van der Waals surface area contributed by atoms with Crippen LogP contribution in [0, 0.1) is 0 Å². The Kier molecular flexibility index (Phi) is 10.9. The smallest absolute Gasteiger partial charge is 0.407 e. The number of primary amides is 1. The van der Waals surface area contributed by atoms with Crippen molar-refractivity contribution in [3.05, 3.63) is 101 Å². The molecule has 0 atom stereocenters. The molecule has 0 unspecified atom stereocenters. The van der Waals surface area contributed by atoms with Crippen LogP contribution in [-0.4, -0.2) is 53.6 Å². The van der Waals surface area contributed by atoms with Crippen LogP contribution in [0.2, 0.25) is 0 Å². The SMILES string of the molecule is COc1ccc(/C=C\c2cc(OC)c(OC)c(OC)c2)cc1N.NC(=O)CNC(=O)OCC1c2ccccc2-c2ccccc21. The number of ether oxygens (including phenoxy) is 5. The van der Waals surface area contributed by atoms with Crippen LogP contribution in [0.3, 0.4) is 0 Å². The van der Waals surface area contributed by atoms with Crippen molar-refractivity contribution < 1.29 is 33.3 Å². The van der Waals surface area contributed by atoms with Crippen molar-refractivity contribution in [3.63, 3.8) is 0 Å². The second kappa shape index (κ2) is 15.2. The number of alkyl carbamates (subject to hydrolysis) is 1. The highest BCUT2D eigenvalue weighted by Gasteiger charge is 2.29. The predicted molar refractivity (Wildman–Crippen MR) is 175 cm³/mol. The first-order valence-electron chi connectivity index (χ1n) is 14.1. The first-order chi connectivity index (χ1) is 21.8. The third kappa shape index (κ3) is 7.85. The summed E-state index contributed by atoms with van der Waals surface area (Å²) in [6, 6.07) is 25.6. The molecular weight excluding hydrogens is 574 g/mol. The van der Waals surface area contributed by atoms with Crippen molar-refractivity contribution in [3.8, 4) is 34.1 Å². The Morgan fingerprint density at radius 3 is 1.80 bits per heavy atom. The second-order valence-corrected chi connectivity index (χ2v) is 9.94. The van der Waals surface area contributed by atoms with Crippen molar-refractivity contribution in [2.24, 2.45) is 5.73 Å².